The lowest BCUT2D eigenvalue weighted by Gasteiger charge is -2.15. The lowest BCUT2D eigenvalue weighted by atomic mass is 10.1. The molecule has 7 nitrogen and oxygen atoms in total. The summed E-state index contributed by atoms with van der Waals surface area (Å²) in [5, 5.41) is 6.72. The van der Waals surface area contributed by atoms with Crippen molar-refractivity contribution in [2.75, 3.05) is 22.1 Å². The minimum absolute atomic E-state index is 0.670. The molecule has 2 aromatic carbocycles. The van der Waals surface area contributed by atoms with Crippen molar-refractivity contribution in [3.63, 3.8) is 0 Å². The Morgan fingerprint density at radius 1 is 0.538 bits per heavy atom. The van der Waals surface area contributed by atoms with Crippen LogP contribution in [0.3, 0.4) is 0 Å². The van der Waals surface area contributed by atoms with E-state index in [9.17, 15) is 0 Å². The molecule has 0 amide bonds. The van der Waals surface area contributed by atoms with Gasteiger partial charge >= 0.3 is 0 Å². The van der Waals surface area contributed by atoms with Gasteiger partial charge in [-0.25, -0.2) is 15.0 Å². The minimum Gasteiger partial charge on any atom is -0.397 e. The number of aryl methyl sites for hydroxylation is 4. The van der Waals surface area contributed by atoms with E-state index in [0.717, 1.165) is 27.6 Å². The van der Waals surface area contributed by atoms with E-state index < -0.39 is 0 Å². The molecule has 3 heterocycles. The number of aromatic nitrogens is 3. The fraction of sp³-hybridized carbons (Fsp3) is 0.129. The number of anilines is 6. The van der Waals surface area contributed by atoms with E-state index in [1.54, 1.807) is 18.6 Å². The molecule has 0 saturated carbocycles. The van der Waals surface area contributed by atoms with Gasteiger partial charge in [-0.15, -0.1) is 0 Å². The van der Waals surface area contributed by atoms with Crippen molar-refractivity contribution in [3.8, 4) is 0 Å². The molecule has 5 aromatic rings. The fourth-order valence-corrected chi connectivity index (χ4v) is 3.65. The molecule has 39 heavy (non-hydrogen) atoms. The van der Waals surface area contributed by atoms with E-state index in [1.165, 1.54) is 22.3 Å². The highest BCUT2D eigenvalue weighted by Crippen LogP contribution is 2.30. The highest BCUT2D eigenvalue weighted by molar-refractivity contribution is 9.10. The normalized spacial score (nSPS) is 9.87. The van der Waals surface area contributed by atoms with Gasteiger partial charge in [0.2, 0.25) is 0 Å². The van der Waals surface area contributed by atoms with Crippen LogP contribution in [-0.4, -0.2) is 15.0 Å². The molecule has 200 valence electrons. The number of nitrogens with one attached hydrogen (secondary N) is 2. The van der Waals surface area contributed by atoms with Crippen LogP contribution in [0.4, 0.5) is 34.4 Å². The Kier molecular flexibility index (Phi) is 10.8. The zero-order valence-electron chi connectivity index (χ0n) is 22.6. The first-order valence-corrected chi connectivity index (χ1v) is 13.2. The Balaban J connectivity index is 0.000000202. The number of nitrogens with zero attached hydrogens (tertiary/aromatic N) is 3. The van der Waals surface area contributed by atoms with Gasteiger partial charge in [-0.2, -0.15) is 0 Å². The number of halogens is 1. The number of nitrogen functional groups attached to an aromatic ring is 2. The number of pyridine rings is 3. The molecule has 3 aromatic heterocycles. The van der Waals surface area contributed by atoms with Crippen LogP contribution in [0.25, 0.3) is 0 Å². The maximum atomic E-state index is 5.56. The molecule has 0 aliphatic rings. The highest BCUT2D eigenvalue weighted by Gasteiger charge is 2.07. The second-order valence-electron chi connectivity index (χ2n) is 8.88. The average molecular weight is 585 g/mol. The smallest absolute Gasteiger partial charge is 0.130 e. The summed E-state index contributed by atoms with van der Waals surface area (Å²) in [4.78, 5) is 12.5. The standard InChI is InChI=1S/C18H18N4.C8H12N2.C5H4BrN/c1-13-11-15(21-17-7-3-5-9-19-17)16(12-14(13)2)22-18-8-4-6-10-20-18;1-5-3-7(9)8(10)4-6(5)2;6-5-3-1-2-4-7-5/h3-12H,1-2H3,(H,19,21)(H,20,22);3-4H,9-10H2,1-2H3;1-4H. The van der Waals surface area contributed by atoms with Gasteiger partial charge < -0.3 is 22.1 Å². The summed E-state index contributed by atoms with van der Waals surface area (Å²) in [6.07, 6.45) is 5.29. The molecular weight excluding hydrogens is 550 g/mol. The lowest BCUT2D eigenvalue weighted by Crippen LogP contribution is -2.01. The number of rotatable bonds is 4. The van der Waals surface area contributed by atoms with E-state index in [4.69, 9.17) is 11.5 Å². The van der Waals surface area contributed by atoms with E-state index in [0.29, 0.717) is 11.4 Å². The zero-order valence-corrected chi connectivity index (χ0v) is 24.2. The molecule has 8 heteroatoms. The molecule has 0 aliphatic carbocycles. The molecule has 0 bridgehead atoms. The van der Waals surface area contributed by atoms with Crippen LogP contribution in [0.2, 0.25) is 0 Å². The van der Waals surface area contributed by atoms with Crippen molar-refractivity contribution in [2.24, 2.45) is 0 Å². The Labute approximate surface area is 238 Å². The monoisotopic (exact) mass is 583 g/mol. The van der Waals surface area contributed by atoms with Gasteiger partial charge in [0.25, 0.3) is 0 Å². The largest absolute Gasteiger partial charge is 0.397 e. The quantitative estimate of drug-likeness (QED) is 0.125. The first kappa shape index (κ1) is 29.1. The van der Waals surface area contributed by atoms with Crippen LogP contribution < -0.4 is 22.1 Å². The third-order valence-electron chi connectivity index (χ3n) is 5.82. The molecule has 0 unspecified atom stereocenters. The summed E-state index contributed by atoms with van der Waals surface area (Å²) in [7, 11) is 0. The fourth-order valence-electron chi connectivity index (χ4n) is 3.38. The van der Waals surface area contributed by atoms with Crippen molar-refractivity contribution < 1.29 is 0 Å². The Morgan fingerprint density at radius 2 is 0.923 bits per heavy atom. The van der Waals surface area contributed by atoms with Gasteiger partial charge in [-0.3, -0.25) is 0 Å². The second-order valence-corrected chi connectivity index (χ2v) is 9.69. The summed E-state index contributed by atoms with van der Waals surface area (Å²) in [5.41, 5.74) is 19.3. The van der Waals surface area contributed by atoms with E-state index >= 15 is 0 Å². The average Bonchev–Trinajstić information content (AvgIpc) is 2.93. The van der Waals surface area contributed by atoms with Gasteiger partial charge in [-0.05, 0) is 127 Å². The van der Waals surface area contributed by atoms with E-state index in [-0.39, 0.29) is 0 Å². The predicted octanol–water partition coefficient (Wildman–Crippen LogP) is 7.89. The molecule has 5 rings (SSSR count). The molecule has 0 atom stereocenters. The van der Waals surface area contributed by atoms with Crippen molar-refractivity contribution in [3.05, 3.63) is 124 Å². The molecular formula is C31H34BrN7. The molecule has 0 radical (unpaired) electrons. The van der Waals surface area contributed by atoms with Gasteiger partial charge in [0.05, 0.1) is 22.7 Å². The zero-order chi connectivity index (χ0) is 28.2. The molecule has 0 saturated heterocycles. The second kappa shape index (κ2) is 14.5. The molecule has 6 N–H and O–H groups in total. The van der Waals surface area contributed by atoms with Crippen LogP contribution in [0.1, 0.15) is 22.3 Å². The Bertz CT molecular complexity index is 1340. The van der Waals surface area contributed by atoms with Crippen molar-refractivity contribution in [1.82, 2.24) is 15.0 Å². The van der Waals surface area contributed by atoms with Gasteiger partial charge in [0.1, 0.15) is 16.2 Å². The topological polar surface area (TPSA) is 115 Å². The van der Waals surface area contributed by atoms with Crippen molar-refractivity contribution in [2.45, 2.75) is 27.7 Å². The van der Waals surface area contributed by atoms with Crippen LogP contribution in [0, 0.1) is 27.7 Å². The first-order valence-electron chi connectivity index (χ1n) is 12.4. The number of hydrogen-bond acceptors (Lipinski definition) is 7. The molecule has 0 aliphatic heterocycles. The number of benzene rings is 2. The Hall–Kier alpha value is -4.43. The first-order chi connectivity index (χ1) is 18.7. The molecule has 0 spiro atoms. The summed E-state index contributed by atoms with van der Waals surface area (Å²) < 4.78 is 0.884. The Morgan fingerprint density at radius 3 is 1.23 bits per heavy atom. The van der Waals surface area contributed by atoms with E-state index in [2.05, 4.69) is 67.5 Å². The number of hydrogen-bond donors (Lipinski definition) is 4. The van der Waals surface area contributed by atoms with Gasteiger partial charge in [0.15, 0.2) is 0 Å². The van der Waals surface area contributed by atoms with Crippen LogP contribution in [-0.2, 0) is 0 Å². The van der Waals surface area contributed by atoms with Crippen LogP contribution >= 0.6 is 15.9 Å². The maximum absolute atomic E-state index is 5.56. The summed E-state index contributed by atoms with van der Waals surface area (Å²) in [5.74, 6) is 1.63. The predicted molar refractivity (Wildman–Crippen MR) is 168 cm³/mol. The maximum Gasteiger partial charge on any atom is 0.130 e. The number of nitrogens with two attached hydrogens (primary N) is 2. The molecule has 0 fully saturated rings. The summed E-state index contributed by atoms with van der Waals surface area (Å²) in [6, 6.07) is 25.3. The minimum atomic E-state index is 0.670. The van der Waals surface area contributed by atoms with Crippen LogP contribution in [0.15, 0.2) is 102 Å². The summed E-state index contributed by atoms with van der Waals surface area (Å²) >= 11 is 3.20. The van der Waals surface area contributed by atoms with Crippen LogP contribution in [0.5, 0.6) is 0 Å². The third-order valence-corrected chi connectivity index (χ3v) is 6.29. The SMILES string of the molecule is Brc1ccccn1.Cc1cc(N)c(N)cc1C.Cc1cc(Nc2ccccn2)c(Nc2ccccn2)cc1C. The lowest BCUT2D eigenvalue weighted by molar-refractivity contribution is 1.27. The van der Waals surface area contributed by atoms with Gasteiger partial charge in [-0.1, -0.05) is 18.2 Å². The summed E-state index contributed by atoms with van der Waals surface area (Å²) in [6.45, 7) is 8.24. The third kappa shape index (κ3) is 9.43. The van der Waals surface area contributed by atoms with Crippen molar-refractivity contribution in [1.29, 1.82) is 0 Å². The van der Waals surface area contributed by atoms with Crippen molar-refractivity contribution >= 4 is 50.3 Å². The van der Waals surface area contributed by atoms with Gasteiger partial charge in [0, 0.05) is 18.6 Å². The highest BCUT2D eigenvalue weighted by atomic mass is 79.9. The van der Waals surface area contributed by atoms with E-state index in [1.807, 2.05) is 80.6 Å².